The van der Waals surface area contributed by atoms with E-state index in [9.17, 15) is 10.1 Å². The minimum absolute atomic E-state index is 0.103. The standard InChI is InChI=1S/C22H16ClIN4O3/c1-30-19-10-14(12-27-28-22(29)17-7-4-8-26-21(17)23)9-18(24)20(19)31-13-16-6-3-2-5-15(16)11-25/h2-10,12H,13H2,1H3,(H,28,29). The molecule has 31 heavy (non-hydrogen) atoms. The molecular formula is C22H16ClIN4O3. The van der Waals surface area contributed by atoms with Crippen LogP contribution in [0.4, 0.5) is 0 Å². The summed E-state index contributed by atoms with van der Waals surface area (Å²) in [4.78, 5) is 16.0. The number of benzene rings is 2. The zero-order valence-electron chi connectivity index (χ0n) is 16.3. The number of halogens is 2. The highest BCUT2D eigenvalue weighted by molar-refractivity contribution is 14.1. The third-order valence-electron chi connectivity index (χ3n) is 4.15. The predicted molar refractivity (Wildman–Crippen MR) is 126 cm³/mol. The highest BCUT2D eigenvalue weighted by atomic mass is 127. The molecule has 2 aromatic carbocycles. The summed E-state index contributed by atoms with van der Waals surface area (Å²) in [6, 6.07) is 16.1. The van der Waals surface area contributed by atoms with Gasteiger partial charge in [0.1, 0.15) is 11.8 Å². The molecule has 0 fully saturated rings. The number of methoxy groups -OCH3 is 1. The molecule has 1 amide bonds. The number of aromatic nitrogens is 1. The number of pyridine rings is 1. The van der Waals surface area contributed by atoms with Crippen molar-refractivity contribution < 1.29 is 14.3 Å². The van der Waals surface area contributed by atoms with Crippen molar-refractivity contribution in [1.29, 1.82) is 5.26 Å². The highest BCUT2D eigenvalue weighted by Gasteiger charge is 2.13. The van der Waals surface area contributed by atoms with Gasteiger partial charge in [0.25, 0.3) is 5.91 Å². The van der Waals surface area contributed by atoms with Crippen molar-refractivity contribution in [3.8, 4) is 17.6 Å². The van der Waals surface area contributed by atoms with Crippen molar-refractivity contribution in [2.24, 2.45) is 5.10 Å². The molecule has 9 heteroatoms. The number of hydrogen-bond acceptors (Lipinski definition) is 6. The molecule has 0 saturated heterocycles. The van der Waals surface area contributed by atoms with E-state index in [1.165, 1.54) is 19.5 Å². The molecule has 1 N–H and O–H groups in total. The molecule has 0 radical (unpaired) electrons. The molecule has 0 bridgehead atoms. The van der Waals surface area contributed by atoms with E-state index in [-0.39, 0.29) is 17.3 Å². The number of hydrogen-bond donors (Lipinski definition) is 1. The normalized spacial score (nSPS) is 10.5. The van der Waals surface area contributed by atoms with Gasteiger partial charge in [-0.2, -0.15) is 10.4 Å². The van der Waals surface area contributed by atoms with Crippen LogP contribution in [0, 0.1) is 14.9 Å². The molecule has 3 aromatic rings. The number of amides is 1. The number of carbonyl (C=O) groups is 1. The van der Waals surface area contributed by atoms with Crippen molar-refractivity contribution in [2.75, 3.05) is 7.11 Å². The van der Waals surface area contributed by atoms with Crippen molar-refractivity contribution >= 4 is 46.3 Å². The molecule has 0 saturated carbocycles. The Morgan fingerprint density at radius 3 is 2.87 bits per heavy atom. The maximum absolute atomic E-state index is 12.2. The Morgan fingerprint density at radius 2 is 2.13 bits per heavy atom. The lowest BCUT2D eigenvalue weighted by Crippen LogP contribution is -2.18. The fraction of sp³-hybridized carbons (Fsp3) is 0.0909. The summed E-state index contributed by atoms with van der Waals surface area (Å²) in [7, 11) is 1.54. The summed E-state index contributed by atoms with van der Waals surface area (Å²) in [6.45, 7) is 0.228. The monoisotopic (exact) mass is 546 g/mol. The Kier molecular flexibility index (Phi) is 7.81. The smallest absolute Gasteiger partial charge is 0.274 e. The van der Waals surface area contributed by atoms with Crippen LogP contribution in [0.25, 0.3) is 0 Å². The average Bonchev–Trinajstić information content (AvgIpc) is 2.78. The summed E-state index contributed by atoms with van der Waals surface area (Å²) < 4.78 is 12.2. The number of hydrazone groups is 1. The molecule has 0 unspecified atom stereocenters. The lowest BCUT2D eigenvalue weighted by atomic mass is 10.1. The molecule has 1 aromatic heterocycles. The predicted octanol–water partition coefficient (Wildman–Crippen LogP) is 4.56. The number of carbonyl (C=O) groups excluding carboxylic acids is 1. The van der Waals surface area contributed by atoms with Gasteiger partial charge in [-0.1, -0.05) is 29.8 Å². The summed E-state index contributed by atoms with van der Waals surface area (Å²) in [5, 5.41) is 13.3. The van der Waals surface area contributed by atoms with Gasteiger partial charge in [0.2, 0.25) is 0 Å². The summed E-state index contributed by atoms with van der Waals surface area (Å²) in [6.07, 6.45) is 2.99. The first-order valence-electron chi connectivity index (χ1n) is 8.95. The van der Waals surface area contributed by atoms with Crippen LogP contribution < -0.4 is 14.9 Å². The summed E-state index contributed by atoms with van der Waals surface area (Å²) in [5.74, 6) is 0.593. The molecule has 1 heterocycles. The molecule has 3 rings (SSSR count). The zero-order valence-corrected chi connectivity index (χ0v) is 19.2. The van der Waals surface area contributed by atoms with Gasteiger partial charge in [-0.05, 0) is 58.5 Å². The first kappa shape index (κ1) is 22.5. The Morgan fingerprint density at radius 1 is 1.32 bits per heavy atom. The van der Waals surface area contributed by atoms with Crippen LogP contribution in [0.1, 0.15) is 27.0 Å². The average molecular weight is 547 g/mol. The van der Waals surface area contributed by atoms with E-state index >= 15 is 0 Å². The van der Waals surface area contributed by atoms with Crippen LogP contribution in [-0.4, -0.2) is 24.2 Å². The molecule has 0 aliphatic carbocycles. The van der Waals surface area contributed by atoms with Crippen LogP contribution in [0.2, 0.25) is 5.15 Å². The van der Waals surface area contributed by atoms with Gasteiger partial charge in [0.15, 0.2) is 11.5 Å². The van der Waals surface area contributed by atoms with E-state index < -0.39 is 5.91 Å². The van der Waals surface area contributed by atoms with Crippen molar-refractivity contribution in [2.45, 2.75) is 6.61 Å². The number of nitrogens with one attached hydrogen (secondary N) is 1. The second-order valence-electron chi connectivity index (χ2n) is 6.13. The van der Waals surface area contributed by atoms with Crippen LogP contribution >= 0.6 is 34.2 Å². The van der Waals surface area contributed by atoms with E-state index in [2.05, 4.69) is 44.2 Å². The maximum atomic E-state index is 12.2. The van der Waals surface area contributed by atoms with E-state index in [0.717, 1.165) is 9.13 Å². The first-order chi connectivity index (χ1) is 15.0. The number of ether oxygens (including phenoxy) is 2. The topological polar surface area (TPSA) is 96.6 Å². The van der Waals surface area contributed by atoms with Crippen molar-refractivity contribution in [3.63, 3.8) is 0 Å². The van der Waals surface area contributed by atoms with Crippen LogP contribution in [0.15, 0.2) is 59.8 Å². The molecule has 0 aliphatic rings. The Labute approximate surface area is 197 Å². The Balaban J connectivity index is 1.73. The SMILES string of the molecule is COc1cc(C=NNC(=O)c2cccnc2Cl)cc(I)c1OCc1ccccc1C#N. The number of rotatable bonds is 7. The molecular weight excluding hydrogens is 531 g/mol. The molecule has 0 atom stereocenters. The van der Waals surface area contributed by atoms with Gasteiger partial charge >= 0.3 is 0 Å². The lowest BCUT2D eigenvalue weighted by Gasteiger charge is -2.14. The third kappa shape index (κ3) is 5.71. The second-order valence-corrected chi connectivity index (χ2v) is 7.65. The minimum Gasteiger partial charge on any atom is -0.493 e. The number of nitriles is 1. The van der Waals surface area contributed by atoms with Crippen molar-refractivity contribution in [3.05, 3.63) is 85.7 Å². The first-order valence-corrected chi connectivity index (χ1v) is 10.4. The van der Waals surface area contributed by atoms with Crippen LogP contribution in [-0.2, 0) is 6.61 Å². The Hall–Kier alpha value is -3.16. The van der Waals surface area contributed by atoms with Crippen LogP contribution in [0.3, 0.4) is 0 Å². The number of nitrogens with zero attached hydrogens (tertiary/aromatic N) is 3. The third-order valence-corrected chi connectivity index (χ3v) is 5.25. The molecule has 7 nitrogen and oxygen atoms in total. The molecule has 0 spiro atoms. The van der Waals surface area contributed by atoms with Gasteiger partial charge in [0, 0.05) is 11.8 Å². The lowest BCUT2D eigenvalue weighted by molar-refractivity contribution is 0.0955. The van der Waals surface area contributed by atoms with E-state index in [1.54, 1.807) is 24.3 Å². The second kappa shape index (κ2) is 10.7. The van der Waals surface area contributed by atoms with Crippen molar-refractivity contribution in [1.82, 2.24) is 10.4 Å². The van der Waals surface area contributed by atoms with Gasteiger partial charge in [-0.25, -0.2) is 10.4 Å². The molecule has 0 aliphatic heterocycles. The van der Waals surface area contributed by atoms with Gasteiger partial charge in [0.05, 0.1) is 34.1 Å². The maximum Gasteiger partial charge on any atom is 0.274 e. The van der Waals surface area contributed by atoms with E-state index in [1.807, 2.05) is 24.3 Å². The van der Waals surface area contributed by atoms with Crippen LogP contribution in [0.5, 0.6) is 11.5 Å². The van der Waals surface area contributed by atoms with Gasteiger partial charge < -0.3 is 9.47 Å². The summed E-state index contributed by atoms with van der Waals surface area (Å²) in [5.41, 5.74) is 4.69. The fourth-order valence-corrected chi connectivity index (χ4v) is 3.63. The van der Waals surface area contributed by atoms with Gasteiger partial charge in [-0.15, -0.1) is 0 Å². The summed E-state index contributed by atoms with van der Waals surface area (Å²) >= 11 is 8.04. The Bertz CT molecular complexity index is 1180. The highest BCUT2D eigenvalue weighted by Crippen LogP contribution is 2.34. The fourth-order valence-electron chi connectivity index (χ4n) is 2.64. The minimum atomic E-state index is -0.466. The zero-order chi connectivity index (χ0) is 22.2. The molecule has 156 valence electrons. The quantitative estimate of drug-likeness (QED) is 0.203. The largest absolute Gasteiger partial charge is 0.493 e. The van der Waals surface area contributed by atoms with E-state index in [0.29, 0.717) is 22.6 Å². The van der Waals surface area contributed by atoms with Gasteiger partial charge in [-0.3, -0.25) is 4.79 Å². The van der Waals surface area contributed by atoms with E-state index in [4.69, 9.17) is 21.1 Å².